The molecular formula is C26H31ClFN3O6S3. The third-order valence-electron chi connectivity index (χ3n) is 6.11. The van der Waals surface area contributed by atoms with Crippen molar-refractivity contribution in [1.82, 2.24) is 14.0 Å². The summed E-state index contributed by atoms with van der Waals surface area (Å²) >= 11 is 4.12. The number of hydrogen-bond acceptors (Lipinski definition) is 5. The molecule has 3 rings (SSSR count). The largest absolute Gasteiger partial charge is 0.318 e. The van der Waals surface area contributed by atoms with Crippen molar-refractivity contribution in [1.29, 1.82) is 0 Å². The van der Waals surface area contributed by atoms with Crippen molar-refractivity contribution in [3.63, 3.8) is 0 Å². The van der Waals surface area contributed by atoms with E-state index in [1.807, 2.05) is 0 Å². The lowest BCUT2D eigenvalue weighted by molar-refractivity contribution is 0.535. The summed E-state index contributed by atoms with van der Waals surface area (Å²) in [6.07, 6.45) is 1.47. The van der Waals surface area contributed by atoms with Crippen LogP contribution in [0.25, 0.3) is 11.1 Å². The van der Waals surface area contributed by atoms with Gasteiger partial charge in [0.05, 0.1) is 25.5 Å². The van der Waals surface area contributed by atoms with Gasteiger partial charge in [-0.1, -0.05) is 11.6 Å². The summed E-state index contributed by atoms with van der Waals surface area (Å²) in [5, 5.41) is 0.00117. The first-order chi connectivity index (χ1) is 18.4. The summed E-state index contributed by atoms with van der Waals surface area (Å²) in [4.78, 5) is 12.3. The first kappa shape index (κ1) is 32.3. The van der Waals surface area contributed by atoms with Crippen LogP contribution in [0, 0.1) is 5.82 Å². The van der Waals surface area contributed by atoms with Gasteiger partial charge >= 0.3 is 0 Å². The van der Waals surface area contributed by atoms with E-state index in [0.29, 0.717) is 16.7 Å². The Balaban J connectivity index is 2.38. The van der Waals surface area contributed by atoms with Gasteiger partial charge in [0.25, 0.3) is 5.56 Å². The van der Waals surface area contributed by atoms with Crippen molar-refractivity contribution >= 4 is 43.7 Å². The fourth-order valence-corrected chi connectivity index (χ4v) is 7.02. The molecule has 3 N–H and O–H groups in total. The lowest BCUT2D eigenvalue weighted by atomic mass is 9.95. The fraction of sp³-hybridized carbons (Fsp3) is 0.346. The molecular weight excluding hydrogens is 601 g/mol. The smallest absolute Gasteiger partial charge is 0.250 e. The fourth-order valence-electron chi connectivity index (χ4n) is 3.92. The second-order valence-electron chi connectivity index (χ2n) is 10.2. The predicted octanol–water partition coefficient (Wildman–Crippen LogP) is 4.58. The van der Waals surface area contributed by atoms with Crippen LogP contribution in [0.4, 0.5) is 4.39 Å². The maximum absolute atomic E-state index is 13.9. The molecule has 218 valence electrons. The molecule has 0 aliphatic heterocycles. The molecule has 0 bridgehead atoms. The molecule has 3 unspecified atom stereocenters. The minimum absolute atomic E-state index is 0.00117. The number of nitrogens with zero attached hydrogens (tertiary/aromatic N) is 1. The Morgan fingerprint density at radius 3 is 2.10 bits per heavy atom. The molecule has 2 aromatic carbocycles. The van der Waals surface area contributed by atoms with Crippen LogP contribution >= 0.6 is 11.6 Å². The zero-order chi connectivity index (χ0) is 30.2. The summed E-state index contributed by atoms with van der Waals surface area (Å²) in [5.41, 5.74) is 0.772. The van der Waals surface area contributed by atoms with Gasteiger partial charge in [0, 0.05) is 47.5 Å². The number of nitrogens with one attached hydrogen (secondary N) is 2. The SMILES string of the molecule is CC(NS(=O)O)c1cc(-c2cn(C)c(=O)cc2[C@H](C)NS(=O)C(C)(C)C)c(S(=O)(=O)c2ccc(F)cc2)cc1Cl. The van der Waals surface area contributed by atoms with Crippen LogP contribution in [0.2, 0.25) is 5.02 Å². The molecule has 3 aromatic rings. The highest BCUT2D eigenvalue weighted by Crippen LogP contribution is 2.40. The van der Waals surface area contributed by atoms with Gasteiger partial charge in [-0.05, 0) is 82.1 Å². The molecule has 0 saturated carbocycles. The van der Waals surface area contributed by atoms with E-state index in [-0.39, 0.29) is 25.9 Å². The molecule has 9 nitrogen and oxygen atoms in total. The van der Waals surface area contributed by atoms with Crippen LogP contribution in [0.1, 0.15) is 57.8 Å². The third kappa shape index (κ3) is 7.14. The van der Waals surface area contributed by atoms with E-state index >= 15 is 0 Å². The van der Waals surface area contributed by atoms with E-state index in [0.717, 1.165) is 24.3 Å². The van der Waals surface area contributed by atoms with E-state index in [4.69, 9.17) is 11.6 Å². The molecule has 0 radical (unpaired) electrons. The zero-order valence-electron chi connectivity index (χ0n) is 22.7. The van der Waals surface area contributed by atoms with Gasteiger partial charge in [-0.3, -0.25) is 9.35 Å². The highest BCUT2D eigenvalue weighted by molar-refractivity contribution is 7.91. The van der Waals surface area contributed by atoms with E-state index in [1.165, 1.54) is 36.0 Å². The lowest BCUT2D eigenvalue weighted by Crippen LogP contribution is -2.35. The maximum atomic E-state index is 13.9. The normalized spacial score (nSPS) is 15.4. The Morgan fingerprint density at radius 1 is 0.975 bits per heavy atom. The van der Waals surface area contributed by atoms with Gasteiger partial charge in [-0.15, -0.1) is 0 Å². The standard InChI is InChI=1S/C26H31ClFN3O6S3/c1-15(29-38(33)26(3,4)5)19-12-25(32)31(6)14-22(19)21-11-20(16(2)30-39(34)35)23(27)13-24(21)40(36,37)18-9-7-17(28)8-10-18/h7-16,29-30H,1-6H3,(H,34,35)/t15-,16?,38?/m0/s1. The van der Waals surface area contributed by atoms with Crippen LogP contribution in [-0.2, 0) is 39.1 Å². The summed E-state index contributed by atoms with van der Waals surface area (Å²) < 4.78 is 81.1. The highest BCUT2D eigenvalue weighted by atomic mass is 35.5. The zero-order valence-corrected chi connectivity index (χ0v) is 25.9. The number of pyridine rings is 1. The second-order valence-corrected chi connectivity index (χ2v) is 15.3. The van der Waals surface area contributed by atoms with Gasteiger partial charge in [-0.25, -0.2) is 30.7 Å². The van der Waals surface area contributed by atoms with Crippen molar-refractivity contribution in [2.75, 3.05) is 0 Å². The van der Waals surface area contributed by atoms with Crippen molar-refractivity contribution in [2.45, 2.75) is 61.2 Å². The van der Waals surface area contributed by atoms with Crippen LogP contribution < -0.4 is 15.0 Å². The highest BCUT2D eigenvalue weighted by Gasteiger charge is 2.29. The molecule has 1 heterocycles. The molecule has 40 heavy (non-hydrogen) atoms. The Hall–Kier alpha value is -2.26. The van der Waals surface area contributed by atoms with E-state index in [1.54, 1.807) is 34.6 Å². The Labute approximate surface area is 243 Å². The van der Waals surface area contributed by atoms with Crippen LogP contribution in [0.3, 0.4) is 0 Å². The molecule has 14 heteroatoms. The number of hydrogen-bond donors (Lipinski definition) is 3. The summed E-state index contributed by atoms with van der Waals surface area (Å²) in [7, 11) is -4.30. The monoisotopic (exact) mass is 631 g/mol. The van der Waals surface area contributed by atoms with Crippen molar-refractivity contribution in [2.24, 2.45) is 7.05 Å². The number of aromatic nitrogens is 1. The molecule has 0 saturated heterocycles. The molecule has 1 aromatic heterocycles. The Bertz CT molecular complexity index is 1640. The molecule has 4 atom stereocenters. The Morgan fingerprint density at radius 2 is 1.55 bits per heavy atom. The Kier molecular flexibility index (Phi) is 9.93. The summed E-state index contributed by atoms with van der Waals surface area (Å²) in [6.45, 7) is 8.63. The topological polar surface area (TPSA) is 135 Å². The van der Waals surface area contributed by atoms with Gasteiger partial charge in [0.2, 0.25) is 21.1 Å². The van der Waals surface area contributed by atoms with Gasteiger partial charge in [-0.2, -0.15) is 0 Å². The number of halogens is 2. The quantitative estimate of drug-likeness (QED) is 0.234. The predicted molar refractivity (Wildman–Crippen MR) is 156 cm³/mol. The minimum Gasteiger partial charge on any atom is -0.318 e. The van der Waals surface area contributed by atoms with Crippen molar-refractivity contribution < 1.29 is 25.8 Å². The number of aryl methyl sites for hydroxylation is 1. The molecule has 0 aliphatic carbocycles. The average Bonchev–Trinajstić information content (AvgIpc) is 2.84. The lowest BCUT2D eigenvalue weighted by Gasteiger charge is -2.25. The maximum Gasteiger partial charge on any atom is 0.250 e. The second kappa shape index (κ2) is 12.3. The van der Waals surface area contributed by atoms with Crippen molar-refractivity contribution in [3.05, 3.63) is 81.0 Å². The van der Waals surface area contributed by atoms with Gasteiger partial charge in [0.15, 0.2) is 0 Å². The van der Waals surface area contributed by atoms with Crippen LogP contribution in [0.15, 0.2) is 63.2 Å². The van der Waals surface area contributed by atoms with Crippen LogP contribution in [0.5, 0.6) is 0 Å². The first-order valence-electron chi connectivity index (χ1n) is 12.0. The minimum atomic E-state index is -4.28. The van der Waals surface area contributed by atoms with E-state index < -0.39 is 54.7 Å². The summed E-state index contributed by atoms with van der Waals surface area (Å²) in [5.74, 6) is -0.614. The molecule has 0 spiro atoms. The van der Waals surface area contributed by atoms with E-state index in [2.05, 4.69) is 9.44 Å². The summed E-state index contributed by atoms with van der Waals surface area (Å²) in [6, 6.07) is 6.91. The number of benzene rings is 2. The molecule has 0 amide bonds. The third-order valence-corrected chi connectivity index (χ3v) is 10.5. The molecule has 0 fully saturated rings. The van der Waals surface area contributed by atoms with Gasteiger partial charge in [0.1, 0.15) is 5.82 Å². The van der Waals surface area contributed by atoms with E-state index in [9.17, 15) is 30.6 Å². The first-order valence-corrected chi connectivity index (χ1v) is 16.2. The molecule has 0 aliphatic rings. The van der Waals surface area contributed by atoms with Crippen molar-refractivity contribution in [3.8, 4) is 11.1 Å². The number of rotatable bonds is 9. The number of sulfone groups is 1. The van der Waals surface area contributed by atoms with Gasteiger partial charge < -0.3 is 4.57 Å². The average molecular weight is 632 g/mol. The van der Waals surface area contributed by atoms with Crippen LogP contribution in [-0.4, -0.2) is 30.7 Å².